The van der Waals surface area contributed by atoms with E-state index in [1.807, 2.05) is 0 Å². The minimum atomic E-state index is -3.78. The molecule has 0 spiro atoms. The van der Waals surface area contributed by atoms with Crippen molar-refractivity contribution in [2.75, 3.05) is 0 Å². The zero-order chi connectivity index (χ0) is 13.1. The van der Waals surface area contributed by atoms with Gasteiger partial charge in [0.05, 0.1) is 10.6 Å². The zero-order valence-electron chi connectivity index (χ0n) is 8.74. The largest absolute Gasteiger partial charge is 0.370 e. The Hall–Kier alpha value is -2.13. The van der Waals surface area contributed by atoms with Gasteiger partial charge < -0.3 is 17.2 Å². The Morgan fingerprint density at radius 3 is 2.35 bits per heavy atom. The van der Waals surface area contributed by atoms with Crippen LogP contribution in [0.25, 0.3) is 0 Å². The Morgan fingerprint density at radius 2 is 1.82 bits per heavy atom. The summed E-state index contributed by atoms with van der Waals surface area (Å²) in [5, 5.41) is 4.96. The van der Waals surface area contributed by atoms with Gasteiger partial charge in [-0.1, -0.05) is 6.07 Å². The molecular formula is C8H12N6O2S. The average molecular weight is 256 g/mol. The van der Waals surface area contributed by atoms with Crippen molar-refractivity contribution in [2.24, 2.45) is 32.3 Å². The second-order valence-electron chi connectivity index (χ2n) is 3.05. The van der Waals surface area contributed by atoms with Crippen molar-refractivity contribution in [2.45, 2.75) is 4.90 Å². The van der Waals surface area contributed by atoms with Gasteiger partial charge in [-0.3, -0.25) is 0 Å². The number of sulfonamides is 1. The Morgan fingerprint density at radius 1 is 1.18 bits per heavy atom. The molecule has 0 amide bonds. The third-order valence-electron chi connectivity index (χ3n) is 1.63. The molecule has 0 radical (unpaired) electrons. The van der Waals surface area contributed by atoms with Crippen LogP contribution in [0.3, 0.4) is 0 Å². The minimum absolute atomic E-state index is 0.0729. The number of aliphatic imine (C=N–C) groups is 2. The molecule has 0 atom stereocenters. The van der Waals surface area contributed by atoms with E-state index in [0.717, 1.165) is 0 Å². The van der Waals surface area contributed by atoms with E-state index in [1.165, 1.54) is 24.3 Å². The van der Waals surface area contributed by atoms with Crippen molar-refractivity contribution in [3.63, 3.8) is 0 Å². The first kappa shape index (κ1) is 12.9. The van der Waals surface area contributed by atoms with Crippen molar-refractivity contribution in [3.05, 3.63) is 24.3 Å². The summed E-state index contributed by atoms with van der Waals surface area (Å²) in [6.07, 6.45) is 0. The molecule has 0 aliphatic rings. The third kappa shape index (κ3) is 4.09. The fraction of sp³-hybridized carbons (Fsp3) is 0. The topological polar surface area (TPSA) is 163 Å². The number of rotatable bonds is 2. The smallest absolute Gasteiger partial charge is 0.238 e. The van der Waals surface area contributed by atoms with Crippen molar-refractivity contribution in [1.82, 2.24) is 0 Å². The second kappa shape index (κ2) is 4.80. The van der Waals surface area contributed by atoms with Gasteiger partial charge in [-0.15, -0.1) is 0 Å². The molecule has 1 aromatic carbocycles. The zero-order valence-corrected chi connectivity index (χ0v) is 9.55. The van der Waals surface area contributed by atoms with Crippen LogP contribution in [-0.4, -0.2) is 20.3 Å². The first-order valence-corrected chi connectivity index (χ1v) is 5.90. The summed E-state index contributed by atoms with van der Waals surface area (Å²) >= 11 is 0. The lowest BCUT2D eigenvalue weighted by Crippen LogP contribution is -2.26. The van der Waals surface area contributed by atoms with E-state index in [9.17, 15) is 8.42 Å². The molecule has 0 aliphatic carbocycles. The summed E-state index contributed by atoms with van der Waals surface area (Å²) in [5.74, 6) is -0.426. The maximum absolute atomic E-state index is 11.1. The summed E-state index contributed by atoms with van der Waals surface area (Å²) in [7, 11) is -3.78. The van der Waals surface area contributed by atoms with Crippen LogP contribution in [0, 0.1) is 0 Å². The molecule has 8 N–H and O–H groups in total. The Bertz CT molecular complexity index is 573. The number of benzene rings is 1. The molecule has 0 aliphatic heterocycles. The number of guanidine groups is 2. The van der Waals surface area contributed by atoms with Gasteiger partial charge in [0.2, 0.25) is 16.0 Å². The lowest BCUT2D eigenvalue weighted by atomic mass is 10.3. The normalized spacial score (nSPS) is 12.2. The van der Waals surface area contributed by atoms with Gasteiger partial charge in [0.1, 0.15) is 0 Å². The highest BCUT2D eigenvalue weighted by Gasteiger charge is 2.07. The van der Waals surface area contributed by atoms with Gasteiger partial charge >= 0.3 is 0 Å². The Labute approximate surface area is 98.1 Å². The van der Waals surface area contributed by atoms with Gasteiger partial charge in [0.15, 0.2) is 5.96 Å². The monoisotopic (exact) mass is 256 g/mol. The van der Waals surface area contributed by atoms with Gasteiger partial charge in [-0.25, -0.2) is 18.5 Å². The molecule has 0 fully saturated rings. The summed E-state index contributed by atoms with van der Waals surface area (Å²) in [6.45, 7) is 0. The second-order valence-corrected chi connectivity index (χ2v) is 4.61. The predicted molar refractivity (Wildman–Crippen MR) is 64.9 cm³/mol. The molecule has 0 unspecified atom stereocenters. The van der Waals surface area contributed by atoms with Crippen LogP contribution in [0.4, 0.5) is 5.69 Å². The molecule has 1 rings (SSSR count). The Balaban J connectivity index is 3.14. The third-order valence-corrected chi connectivity index (χ3v) is 2.54. The van der Waals surface area contributed by atoms with Crippen molar-refractivity contribution in [1.29, 1.82) is 0 Å². The highest BCUT2D eigenvalue weighted by molar-refractivity contribution is 7.89. The molecule has 0 saturated heterocycles. The van der Waals surface area contributed by atoms with E-state index in [2.05, 4.69) is 9.98 Å². The standard InChI is InChI=1S/C8H12N6O2S/c9-7(10)14-8(11)13-5-2-1-3-6(4-5)17(12,15)16/h1-4H,(H2,12,15,16)(H6,9,10,11,13,14). The van der Waals surface area contributed by atoms with E-state index in [1.54, 1.807) is 0 Å². The van der Waals surface area contributed by atoms with Crippen molar-refractivity contribution < 1.29 is 8.42 Å². The van der Waals surface area contributed by atoms with Crippen molar-refractivity contribution >= 4 is 27.6 Å². The van der Waals surface area contributed by atoms with E-state index in [0.29, 0.717) is 0 Å². The van der Waals surface area contributed by atoms with Crippen LogP contribution in [0.1, 0.15) is 0 Å². The Kier molecular flexibility index (Phi) is 3.66. The van der Waals surface area contributed by atoms with E-state index >= 15 is 0 Å². The predicted octanol–water partition coefficient (Wildman–Crippen LogP) is -1.45. The molecular weight excluding hydrogens is 244 g/mol. The molecule has 17 heavy (non-hydrogen) atoms. The van der Waals surface area contributed by atoms with Crippen LogP contribution in [0.15, 0.2) is 39.1 Å². The summed E-state index contributed by atoms with van der Waals surface area (Å²) in [4.78, 5) is 7.21. The molecule has 1 aromatic rings. The van der Waals surface area contributed by atoms with E-state index in [-0.39, 0.29) is 22.5 Å². The molecule has 0 bridgehead atoms. The summed E-state index contributed by atoms with van der Waals surface area (Å²) < 4.78 is 22.2. The first-order chi connectivity index (χ1) is 7.79. The molecule has 9 heteroatoms. The van der Waals surface area contributed by atoms with Crippen LogP contribution < -0.4 is 22.3 Å². The SMILES string of the molecule is NC(N)=NC(N)=Nc1cccc(S(N)(=O)=O)c1. The number of hydrogen-bond acceptors (Lipinski definition) is 3. The van der Waals surface area contributed by atoms with Gasteiger partial charge in [-0.2, -0.15) is 4.99 Å². The lowest BCUT2D eigenvalue weighted by Gasteiger charge is -1.99. The molecule has 92 valence electrons. The lowest BCUT2D eigenvalue weighted by molar-refractivity contribution is 0.598. The molecule has 0 saturated carbocycles. The van der Waals surface area contributed by atoms with Crippen LogP contribution in [-0.2, 0) is 10.0 Å². The fourth-order valence-corrected chi connectivity index (χ4v) is 1.57. The summed E-state index contributed by atoms with van der Waals surface area (Å²) in [6, 6.07) is 5.60. The van der Waals surface area contributed by atoms with Gasteiger partial charge in [0.25, 0.3) is 0 Å². The highest BCUT2D eigenvalue weighted by Crippen LogP contribution is 2.16. The highest BCUT2D eigenvalue weighted by atomic mass is 32.2. The quantitative estimate of drug-likeness (QED) is 0.375. The van der Waals surface area contributed by atoms with Crippen molar-refractivity contribution in [3.8, 4) is 0 Å². The van der Waals surface area contributed by atoms with Crippen LogP contribution in [0.2, 0.25) is 0 Å². The minimum Gasteiger partial charge on any atom is -0.370 e. The number of primary sulfonamides is 1. The maximum atomic E-state index is 11.1. The van der Waals surface area contributed by atoms with E-state index < -0.39 is 10.0 Å². The number of nitrogens with zero attached hydrogens (tertiary/aromatic N) is 2. The molecule has 8 nitrogen and oxygen atoms in total. The number of hydrogen-bond donors (Lipinski definition) is 4. The van der Waals surface area contributed by atoms with Crippen LogP contribution in [0.5, 0.6) is 0 Å². The number of nitrogens with two attached hydrogens (primary N) is 4. The fourth-order valence-electron chi connectivity index (χ4n) is 1.02. The summed E-state index contributed by atoms with van der Waals surface area (Å²) in [5.41, 5.74) is 15.9. The molecule has 0 aromatic heterocycles. The average Bonchev–Trinajstić information content (AvgIpc) is 2.15. The molecule has 0 heterocycles. The van der Waals surface area contributed by atoms with Gasteiger partial charge in [-0.05, 0) is 18.2 Å². The van der Waals surface area contributed by atoms with Crippen LogP contribution >= 0.6 is 0 Å². The first-order valence-electron chi connectivity index (χ1n) is 4.35. The van der Waals surface area contributed by atoms with Gasteiger partial charge in [0, 0.05) is 0 Å². The van der Waals surface area contributed by atoms with E-state index in [4.69, 9.17) is 22.3 Å². The maximum Gasteiger partial charge on any atom is 0.238 e.